The van der Waals surface area contributed by atoms with E-state index in [-0.39, 0.29) is 0 Å². The highest BCUT2D eigenvalue weighted by Crippen LogP contribution is 2.41. The lowest BCUT2D eigenvalue weighted by Gasteiger charge is -2.11. The Kier molecular flexibility index (Phi) is 6.42. The SMILES string of the molecule is c1ccc(-c2nc(-c3ccccc3)nc(-c3ccc(-c4cccc(-n5c6ccccc6c6c7oc8ccccc8c7ccc65)c4)cc3)n2)cc1. The van der Waals surface area contributed by atoms with Gasteiger partial charge in [-0.3, -0.25) is 0 Å². The minimum absolute atomic E-state index is 0.639. The summed E-state index contributed by atoms with van der Waals surface area (Å²) < 4.78 is 8.84. The molecule has 0 aliphatic heterocycles. The molecule has 7 aromatic carbocycles. The van der Waals surface area contributed by atoms with Gasteiger partial charge in [-0.25, -0.2) is 15.0 Å². The van der Waals surface area contributed by atoms with E-state index < -0.39 is 0 Å². The van der Waals surface area contributed by atoms with Gasteiger partial charge < -0.3 is 8.98 Å². The average Bonchev–Trinajstić information content (AvgIpc) is 3.74. The Morgan fingerprint density at radius 2 is 0.940 bits per heavy atom. The van der Waals surface area contributed by atoms with Crippen LogP contribution in [-0.4, -0.2) is 19.5 Å². The van der Waals surface area contributed by atoms with Gasteiger partial charge in [0.25, 0.3) is 0 Å². The number of benzene rings is 7. The molecule has 5 nitrogen and oxygen atoms in total. The minimum Gasteiger partial charge on any atom is -0.455 e. The van der Waals surface area contributed by atoms with Gasteiger partial charge in [-0.05, 0) is 47.5 Å². The van der Waals surface area contributed by atoms with Crippen LogP contribution in [0.5, 0.6) is 0 Å². The Morgan fingerprint density at radius 1 is 0.380 bits per heavy atom. The molecule has 0 aliphatic carbocycles. The van der Waals surface area contributed by atoms with Crippen molar-refractivity contribution >= 4 is 43.7 Å². The zero-order chi connectivity index (χ0) is 33.0. The first kappa shape index (κ1) is 28.2. The fourth-order valence-corrected chi connectivity index (χ4v) is 7.09. The van der Waals surface area contributed by atoms with E-state index in [1.54, 1.807) is 0 Å². The van der Waals surface area contributed by atoms with Crippen LogP contribution in [0, 0.1) is 0 Å². The van der Waals surface area contributed by atoms with E-state index in [1.807, 2.05) is 72.8 Å². The number of furan rings is 1. The molecule has 0 spiro atoms. The van der Waals surface area contributed by atoms with Crippen molar-refractivity contribution in [2.24, 2.45) is 0 Å². The van der Waals surface area contributed by atoms with Gasteiger partial charge >= 0.3 is 0 Å². The molecule has 0 saturated carbocycles. The molecule has 0 amide bonds. The van der Waals surface area contributed by atoms with Crippen LogP contribution >= 0.6 is 0 Å². The van der Waals surface area contributed by atoms with Crippen molar-refractivity contribution < 1.29 is 4.42 Å². The molecule has 0 saturated heterocycles. The summed E-state index contributed by atoms with van der Waals surface area (Å²) in [6.45, 7) is 0. The molecular formula is C45H28N4O. The highest BCUT2D eigenvalue weighted by molar-refractivity contribution is 6.23. The first-order valence-electron chi connectivity index (χ1n) is 16.7. The summed E-state index contributed by atoms with van der Waals surface area (Å²) in [6.07, 6.45) is 0. The first-order valence-corrected chi connectivity index (χ1v) is 16.7. The highest BCUT2D eigenvalue weighted by atomic mass is 16.3. The number of para-hydroxylation sites is 2. The molecule has 0 bridgehead atoms. The largest absolute Gasteiger partial charge is 0.455 e. The third kappa shape index (κ3) is 4.60. The van der Waals surface area contributed by atoms with Crippen LogP contribution < -0.4 is 0 Å². The Morgan fingerprint density at radius 3 is 1.64 bits per heavy atom. The van der Waals surface area contributed by atoms with Gasteiger partial charge in [-0.1, -0.05) is 133 Å². The van der Waals surface area contributed by atoms with Gasteiger partial charge in [0.05, 0.1) is 16.4 Å². The number of nitrogens with zero attached hydrogens (tertiary/aromatic N) is 4. The normalized spacial score (nSPS) is 11.6. The van der Waals surface area contributed by atoms with Crippen LogP contribution in [0.25, 0.3) is 94.7 Å². The lowest BCUT2D eigenvalue weighted by atomic mass is 10.0. The minimum atomic E-state index is 0.639. The predicted octanol–water partition coefficient (Wildman–Crippen LogP) is 11.5. The Hall–Kier alpha value is -6.85. The molecule has 0 atom stereocenters. The van der Waals surface area contributed by atoms with Gasteiger partial charge in [0.15, 0.2) is 17.5 Å². The van der Waals surface area contributed by atoms with Crippen LogP contribution in [-0.2, 0) is 0 Å². The monoisotopic (exact) mass is 640 g/mol. The van der Waals surface area contributed by atoms with Crippen LogP contribution in [0.4, 0.5) is 0 Å². The van der Waals surface area contributed by atoms with E-state index in [0.29, 0.717) is 17.5 Å². The molecular weight excluding hydrogens is 613 g/mol. The second kappa shape index (κ2) is 11.4. The van der Waals surface area contributed by atoms with Gasteiger partial charge in [0.2, 0.25) is 0 Å². The molecule has 5 heteroatoms. The van der Waals surface area contributed by atoms with Crippen LogP contribution in [0.15, 0.2) is 174 Å². The van der Waals surface area contributed by atoms with Crippen molar-refractivity contribution in [3.63, 3.8) is 0 Å². The van der Waals surface area contributed by atoms with Crippen molar-refractivity contribution in [2.45, 2.75) is 0 Å². The van der Waals surface area contributed by atoms with Gasteiger partial charge in [-0.15, -0.1) is 0 Å². The second-order valence-electron chi connectivity index (χ2n) is 12.5. The third-order valence-corrected chi connectivity index (χ3v) is 9.46. The van der Waals surface area contributed by atoms with Crippen molar-refractivity contribution in [3.8, 4) is 51.0 Å². The summed E-state index contributed by atoms with van der Waals surface area (Å²) >= 11 is 0. The maximum Gasteiger partial charge on any atom is 0.164 e. The average molecular weight is 641 g/mol. The van der Waals surface area contributed by atoms with Crippen LogP contribution in [0.1, 0.15) is 0 Å². The molecule has 50 heavy (non-hydrogen) atoms. The van der Waals surface area contributed by atoms with Crippen molar-refractivity contribution in [1.29, 1.82) is 0 Å². The molecule has 0 N–H and O–H groups in total. The molecule has 3 aromatic heterocycles. The van der Waals surface area contributed by atoms with E-state index in [4.69, 9.17) is 19.4 Å². The number of fused-ring (bicyclic) bond motifs is 7. The van der Waals surface area contributed by atoms with Crippen LogP contribution in [0.3, 0.4) is 0 Å². The molecule has 10 rings (SSSR count). The van der Waals surface area contributed by atoms with E-state index in [9.17, 15) is 0 Å². The topological polar surface area (TPSA) is 56.7 Å². The second-order valence-corrected chi connectivity index (χ2v) is 12.5. The molecule has 10 aromatic rings. The number of hydrogen-bond donors (Lipinski definition) is 0. The predicted molar refractivity (Wildman–Crippen MR) is 203 cm³/mol. The third-order valence-electron chi connectivity index (χ3n) is 9.46. The fourth-order valence-electron chi connectivity index (χ4n) is 7.09. The summed E-state index contributed by atoms with van der Waals surface area (Å²) in [5.74, 6) is 1.94. The number of aromatic nitrogens is 4. The summed E-state index contributed by atoms with van der Waals surface area (Å²) in [5, 5.41) is 4.57. The Balaban J connectivity index is 1.07. The maximum absolute atomic E-state index is 6.50. The lowest BCUT2D eigenvalue weighted by molar-refractivity contribution is 0.673. The first-order chi connectivity index (χ1) is 24.8. The zero-order valence-corrected chi connectivity index (χ0v) is 26.9. The van der Waals surface area contributed by atoms with E-state index in [2.05, 4.69) is 102 Å². The lowest BCUT2D eigenvalue weighted by Crippen LogP contribution is -2.00. The van der Waals surface area contributed by atoms with E-state index in [1.165, 1.54) is 5.39 Å². The summed E-state index contributed by atoms with van der Waals surface area (Å²) in [5.41, 5.74) is 10.2. The van der Waals surface area contributed by atoms with Crippen LogP contribution in [0.2, 0.25) is 0 Å². The molecule has 234 valence electrons. The molecule has 0 radical (unpaired) electrons. The van der Waals surface area contributed by atoms with Crippen molar-refractivity contribution in [2.75, 3.05) is 0 Å². The highest BCUT2D eigenvalue weighted by Gasteiger charge is 2.19. The molecule has 0 unspecified atom stereocenters. The van der Waals surface area contributed by atoms with Crippen molar-refractivity contribution in [3.05, 3.63) is 170 Å². The van der Waals surface area contributed by atoms with Crippen molar-refractivity contribution in [1.82, 2.24) is 19.5 Å². The fraction of sp³-hybridized carbons (Fsp3) is 0. The van der Waals surface area contributed by atoms with E-state index in [0.717, 1.165) is 71.9 Å². The maximum atomic E-state index is 6.50. The standard InChI is InChI=1S/C45H28N4O/c1-3-12-30(13-4-1)43-46-44(31-14-5-2-6-15-31)48-45(47-43)32-24-22-29(23-25-32)33-16-11-17-34(28-33)49-38-20-9-7-19-37(38)41-39(49)27-26-36-35-18-8-10-21-40(35)50-42(36)41/h1-28H. The molecule has 0 aliphatic rings. The smallest absolute Gasteiger partial charge is 0.164 e. The number of hydrogen-bond acceptors (Lipinski definition) is 4. The zero-order valence-electron chi connectivity index (χ0n) is 26.9. The van der Waals surface area contributed by atoms with Gasteiger partial charge in [-0.2, -0.15) is 0 Å². The Labute approximate surface area is 287 Å². The van der Waals surface area contributed by atoms with Gasteiger partial charge in [0.1, 0.15) is 11.2 Å². The summed E-state index contributed by atoms with van der Waals surface area (Å²) in [7, 11) is 0. The Bertz CT molecular complexity index is 2800. The summed E-state index contributed by atoms with van der Waals surface area (Å²) in [6, 6.07) is 58.6. The van der Waals surface area contributed by atoms with Gasteiger partial charge in [0, 0.05) is 38.5 Å². The molecule has 0 fully saturated rings. The quantitative estimate of drug-likeness (QED) is 0.188. The number of rotatable bonds is 5. The summed E-state index contributed by atoms with van der Waals surface area (Å²) in [4.78, 5) is 14.7. The molecule has 3 heterocycles. The van der Waals surface area contributed by atoms with E-state index >= 15 is 0 Å².